The fourth-order valence-corrected chi connectivity index (χ4v) is 1.75. The van der Waals surface area contributed by atoms with Crippen LogP contribution >= 0.6 is 0 Å². The Labute approximate surface area is 79.4 Å². The first-order valence-corrected chi connectivity index (χ1v) is 5.00. The zero-order valence-corrected chi connectivity index (χ0v) is 8.47. The maximum Gasteiger partial charge on any atom is 0.312 e. The van der Waals surface area contributed by atoms with Crippen molar-refractivity contribution in [3.05, 3.63) is 0 Å². The van der Waals surface area contributed by atoms with E-state index in [1.807, 2.05) is 13.8 Å². The van der Waals surface area contributed by atoms with E-state index in [0.717, 1.165) is 19.3 Å². The highest BCUT2D eigenvalue weighted by Gasteiger charge is 2.39. The zero-order valence-electron chi connectivity index (χ0n) is 8.47. The van der Waals surface area contributed by atoms with Crippen LogP contribution < -0.4 is 0 Å². The van der Waals surface area contributed by atoms with Crippen LogP contribution in [0, 0.1) is 5.41 Å². The highest BCUT2D eigenvalue weighted by Crippen LogP contribution is 2.35. The first-order chi connectivity index (χ1) is 6.25. The van der Waals surface area contributed by atoms with Crippen LogP contribution in [-0.2, 0) is 14.3 Å². The van der Waals surface area contributed by atoms with Gasteiger partial charge in [-0.15, -0.1) is 0 Å². The lowest BCUT2D eigenvalue weighted by molar-refractivity contribution is -0.161. The van der Waals surface area contributed by atoms with Crippen LogP contribution in [0.3, 0.4) is 0 Å². The predicted octanol–water partition coefficient (Wildman–Crippen LogP) is 1.76. The summed E-state index contributed by atoms with van der Waals surface area (Å²) in [5, 5.41) is 0. The van der Waals surface area contributed by atoms with Gasteiger partial charge in [-0.2, -0.15) is 0 Å². The first kappa shape index (κ1) is 10.5. The third-order valence-electron chi connectivity index (χ3n) is 2.84. The van der Waals surface area contributed by atoms with E-state index in [0.29, 0.717) is 19.8 Å². The molecule has 0 spiro atoms. The van der Waals surface area contributed by atoms with Gasteiger partial charge in [0.1, 0.15) is 0 Å². The van der Waals surface area contributed by atoms with Gasteiger partial charge in [0.25, 0.3) is 0 Å². The minimum absolute atomic E-state index is 0.0409. The summed E-state index contributed by atoms with van der Waals surface area (Å²) in [6.07, 6.45) is 2.47. The maximum atomic E-state index is 11.7. The Balaban J connectivity index is 2.61. The van der Waals surface area contributed by atoms with Crippen molar-refractivity contribution < 1.29 is 14.3 Å². The Morgan fingerprint density at radius 2 is 2.00 bits per heavy atom. The smallest absolute Gasteiger partial charge is 0.312 e. The summed E-state index contributed by atoms with van der Waals surface area (Å²) in [4.78, 5) is 11.7. The minimum Gasteiger partial charge on any atom is -0.466 e. The summed E-state index contributed by atoms with van der Waals surface area (Å²) in [5.41, 5.74) is -0.256. The molecule has 0 unspecified atom stereocenters. The number of carbonyl (C=O) groups excluding carboxylic acids is 1. The molecular formula is C10H18O3. The van der Waals surface area contributed by atoms with Crippen LogP contribution in [0.15, 0.2) is 0 Å². The van der Waals surface area contributed by atoms with Crippen LogP contribution in [0.4, 0.5) is 0 Å². The van der Waals surface area contributed by atoms with E-state index in [2.05, 4.69) is 0 Å². The molecule has 3 heteroatoms. The molecule has 0 aromatic heterocycles. The highest BCUT2D eigenvalue weighted by atomic mass is 16.5. The normalized spacial score (nSPS) is 21.1. The molecule has 0 aromatic rings. The average Bonchev–Trinajstić information content (AvgIpc) is 2.19. The topological polar surface area (TPSA) is 35.5 Å². The van der Waals surface area contributed by atoms with Gasteiger partial charge in [0.2, 0.25) is 0 Å². The zero-order chi connectivity index (χ0) is 9.73. The van der Waals surface area contributed by atoms with E-state index in [1.54, 1.807) is 0 Å². The average molecular weight is 186 g/mol. The molecular weight excluding hydrogens is 168 g/mol. The molecule has 1 aliphatic heterocycles. The summed E-state index contributed by atoms with van der Waals surface area (Å²) in [6, 6.07) is 0. The molecule has 1 aliphatic rings. The van der Waals surface area contributed by atoms with Gasteiger partial charge in [-0.1, -0.05) is 6.92 Å². The van der Waals surface area contributed by atoms with Gasteiger partial charge in [0.05, 0.1) is 12.0 Å². The van der Waals surface area contributed by atoms with Gasteiger partial charge in [0.15, 0.2) is 0 Å². The molecule has 1 rings (SSSR count). The molecule has 0 bridgehead atoms. The van der Waals surface area contributed by atoms with Crippen molar-refractivity contribution in [2.45, 2.75) is 33.1 Å². The largest absolute Gasteiger partial charge is 0.466 e. The third-order valence-corrected chi connectivity index (χ3v) is 2.84. The van der Waals surface area contributed by atoms with Crippen LogP contribution in [-0.4, -0.2) is 25.8 Å². The Bertz CT molecular complexity index is 171. The molecule has 13 heavy (non-hydrogen) atoms. The lowest BCUT2D eigenvalue weighted by atomic mass is 9.78. The minimum atomic E-state index is -0.256. The van der Waals surface area contributed by atoms with Crippen LogP contribution in [0.25, 0.3) is 0 Å². The van der Waals surface area contributed by atoms with E-state index >= 15 is 0 Å². The molecule has 0 N–H and O–H groups in total. The molecule has 1 fully saturated rings. The fraction of sp³-hybridized carbons (Fsp3) is 0.900. The van der Waals surface area contributed by atoms with Crippen molar-refractivity contribution in [2.75, 3.05) is 19.8 Å². The van der Waals surface area contributed by atoms with Crippen molar-refractivity contribution in [3.8, 4) is 0 Å². The number of esters is 1. The Kier molecular flexibility index (Phi) is 3.72. The van der Waals surface area contributed by atoms with E-state index < -0.39 is 0 Å². The van der Waals surface area contributed by atoms with E-state index in [-0.39, 0.29) is 11.4 Å². The Hall–Kier alpha value is -0.570. The standard InChI is InChI=1S/C10H18O3/c1-3-10(9(11)13-4-2)5-7-12-8-6-10/h3-8H2,1-2H3. The second kappa shape index (κ2) is 4.61. The SMILES string of the molecule is CCOC(=O)C1(CC)CCOCC1. The molecule has 0 radical (unpaired) electrons. The van der Waals surface area contributed by atoms with Crippen LogP contribution in [0.2, 0.25) is 0 Å². The molecule has 0 aliphatic carbocycles. The monoisotopic (exact) mass is 186 g/mol. The molecule has 1 saturated heterocycles. The van der Waals surface area contributed by atoms with Crippen molar-refractivity contribution >= 4 is 5.97 Å². The second-order valence-corrected chi connectivity index (χ2v) is 3.47. The molecule has 0 amide bonds. The molecule has 0 aromatic carbocycles. The summed E-state index contributed by atoms with van der Waals surface area (Å²) in [7, 11) is 0. The van der Waals surface area contributed by atoms with Crippen molar-refractivity contribution in [1.82, 2.24) is 0 Å². The third kappa shape index (κ3) is 2.21. The number of hydrogen-bond donors (Lipinski definition) is 0. The number of hydrogen-bond acceptors (Lipinski definition) is 3. The van der Waals surface area contributed by atoms with Gasteiger partial charge in [-0.05, 0) is 26.2 Å². The molecule has 0 atom stereocenters. The van der Waals surface area contributed by atoms with Gasteiger partial charge >= 0.3 is 5.97 Å². The molecule has 1 heterocycles. The first-order valence-electron chi connectivity index (χ1n) is 5.00. The lowest BCUT2D eigenvalue weighted by Gasteiger charge is -2.33. The molecule has 0 saturated carbocycles. The summed E-state index contributed by atoms with van der Waals surface area (Å²) in [6.45, 7) is 5.74. The summed E-state index contributed by atoms with van der Waals surface area (Å²) in [5.74, 6) is -0.0409. The van der Waals surface area contributed by atoms with E-state index in [1.165, 1.54) is 0 Å². The quantitative estimate of drug-likeness (QED) is 0.630. The fourth-order valence-electron chi connectivity index (χ4n) is 1.75. The maximum absolute atomic E-state index is 11.7. The van der Waals surface area contributed by atoms with Gasteiger partial charge in [0, 0.05) is 13.2 Å². The second-order valence-electron chi connectivity index (χ2n) is 3.47. The predicted molar refractivity (Wildman–Crippen MR) is 49.4 cm³/mol. The highest BCUT2D eigenvalue weighted by molar-refractivity contribution is 5.76. The van der Waals surface area contributed by atoms with Gasteiger partial charge in [-0.3, -0.25) is 4.79 Å². The Morgan fingerprint density at radius 1 is 1.38 bits per heavy atom. The van der Waals surface area contributed by atoms with Crippen molar-refractivity contribution in [2.24, 2.45) is 5.41 Å². The molecule has 3 nitrogen and oxygen atoms in total. The van der Waals surface area contributed by atoms with Crippen LogP contribution in [0.5, 0.6) is 0 Å². The van der Waals surface area contributed by atoms with Crippen molar-refractivity contribution in [3.63, 3.8) is 0 Å². The van der Waals surface area contributed by atoms with Crippen molar-refractivity contribution in [1.29, 1.82) is 0 Å². The number of ether oxygens (including phenoxy) is 2. The summed E-state index contributed by atoms with van der Waals surface area (Å²) < 4.78 is 10.3. The van der Waals surface area contributed by atoms with Gasteiger partial charge in [-0.25, -0.2) is 0 Å². The lowest BCUT2D eigenvalue weighted by Crippen LogP contribution is -2.38. The van der Waals surface area contributed by atoms with E-state index in [9.17, 15) is 4.79 Å². The van der Waals surface area contributed by atoms with Gasteiger partial charge < -0.3 is 9.47 Å². The number of carbonyl (C=O) groups is 1. The molecule has 76 valence electrons. The van der Waals surface area contributed by atoms with Crippen LogP contribution in [0.1, 0.15) is 33.1 Å². The number of rotatable bonds is 3. The van der Waals surface area contributed by atoms with E-state index in [4.69, 9.17) is 9.47 Å². The summed E-state index contributed by atoms with van der Waals surface area (Å²) >= 11 is 0. The Morgan fingerprint density at radius 3 is 2.46 bits per heavy atom.